The molecule has 1 aliphatic rings. The third-order valence-corrected chi connectivity index (χ3v) is 4.93. The fourth-order valence-electron chi connectivity index (χ4n) is 3.39. The molecule has 1 saturated heterocycles. The van der Waals surface area contributed by atoms with Crippen LogP contribution in [-0.4, -0.2) is 60.3 Å². The van der Waals surface area contributed by atoms with Gasteiger partial charge in [0.2, 0.25) is 5.88 Å². The standard InChI is InChI=1S/C20H19F3N4O3/c1-30-18-5-3-14(10-25-18)19(29)26-6-7-27(16(11-26)12-28)15-4-2-13(9-24)17(8-15)20(21,22)23/h2-5,8,10,16,28H,6-7,11-12H2,1H3. The second-order valence-electron chi connectivity index (χ2n) is 6.71. The highest BCUT2D eigenvalue weighted by molar-refractivity contribution is 5.94. The molecule has 1 aliphatic heterocycles. The van der Waals surface area contributed by atoms with Gasteiger partial charge in [0.15, 0.2) is 0 Å². The highest BCUT2D eigenvalue weighted by Gasteiger charge is 2.36. The Labute approximate surface area is 170 Å². The Bertz CT molecular complexity index is 957. The lowest BCUT2D eigenvalue weighted by Crippen LogP contribution is -2.56. The van der Waals surface area contributed by atoms with Gasteiger partial charge in [-0.05, 0) is 24.3 Å². The van der Waals surface area contributed by atoms with Crippen molar-refractivity contribution in [3.63, 3.8) is 0 Å². The fraction of sp³-hybridized carbons (Fsp3) is 0.350. The van der Waals surface area contributed by atoms with Crippen LogP contribution < -0.4 is 9.64 Å². The van der Waals surface area contributed by atoms with E-state index in [1.165, 1.54) is 24.3 Å². The van der Waals surface area contributed by atoms with Crippen molar-refractivity contribution in [2.75, 3.05) is 38.3 Å². The number of carbonyl (C=O) groups is 1. The van der Waals surface area contributed by atoms with Gasteiger partial charge in [-0.2, -0.15) is 18.4 Å². The fourth-order valence-corrected chi connectivity index (χ4v) is 3.39. The number of alkyl halides is 3. The van der Waals surface area contributed by atoms with Crippen molar-refractivity contribution >= 4 is 11.6 Å². The molecule has 2 heterocycles. The summed E-state index contributed by atoms with van der Waals surface area (Å²) in [7, 11) is 1.46. The second kappa shape index (κ2) is 8.59. The summed E-state index contributed by atoms with van der Waals surface area (Å²) in [5.74, 6) is 0.0740. The maximum absolute atomic E-state index is 13.3. The highest BCUT2D eigenvalue weighted by atomic mass is 19.4. The molecule has 1 aromatic heterocycles. The summed E-state index contributed by atoms with van der Waals surface area (Å²) in [5, 5.41) is 18.8. The molecule has 1 amide bonds. The van der Waals surface area contributed by atoms with Crippen LogP contribution in [-0.2, 0) is 6.18 Å². The van der Waals surface area contributed by atoms with Crippen LogP contribution in [0.5, 0.6) is 5.88 Å². The van der Waals surface area contributed by atoms with Gasteiger partial charge in [0.05, 0.1) is 42.5 Å². The molecule has 1 aromatic carbocycles. The summed E-state index contributed by atoms with van der Waals surface area (Å²) in [6.45, 7) is 0.251. The van der Waals surface area contributed by atoms with Gasteiger partial charge in [0.25, 0.3) is 5.91 Å². The maximum atomic E-state index is 13.3. The minimum absolute atomic E-state index is 0.128. The van der Waals surface area contributed by atoms with Gasteiger partial charge in [0.1, 0.15) is 0 Å². The Morgan fingerprint density at radius 2 is 2.10 bits per heavy atom. The lowest BCUT2D eigenvalue weighted by atomic mass is 10.0. The van der Waals surface area contributed by atoms with Crippen LogP contribution >= 0.6 is 0 Å². The molecule has 1 unspecified atom stereocenters. The van der Waals surface area contributed by atoms with Crippen LogP contribution in [0.3, 0.4) is 0 Å². The van der Waals surface area contributed by atoms with Crippen LogP contribution in [0.2, 0.25) is 0 Å². The Hall–Kier alpha value is -3.32. The Balaban J connectivity index is 1.81. The van der Waals surface area contributed by atoms with Crippen molar-refractivity contribution in [2.45, 2.75) is 12.2 Å². The number of piperazine rings is 1. The number of ether oxygens (including phenoxy) is 1. The van der Waals surface area contributed by atoms with Crippen molar-refractivity contribution in [1.29, 1.82) is 5.26 Å². The molecular formula is C20H19F3N4O3. The molecule has 158 valence electrons. The molecule has 10 heteroatoms. The molecule has 0 aliphatic carbocycles. The zero-order valence-electron chi connectivity index (χ0n) is 16.1. The largest absolute Gasteiger partial charge is 0.481 e. The first-order chi connectivity index (χ1) is 14.3. The van der Waals surface area contributed by atoms with E-state index in [2.05, 4.69) is 4.98 Å². The number of aromatic nitrogens is 1. The number of rotatable bonds is 4. The molecule has 1 fully saturated rings. The lowest BCUT2D eigenvalue weighted by Gasteiger charge is -2.42. The van der Waals surface area contributed by atoms with Gasteiger partial charge >= 0.3 is 6.18 Å². The second-order valence-corrected chi connectivity index (χ2v) is 6.71. The summed E-state index contributed by atoms with van der Waals surface area (Å²) >= 11 is 0. The van der Waals surface area contributed by atoms with E-state index in [1.54, 1.807) is 23.1 Å². The zero-order chi connectivity index (χ0) is 21.9. The Morgan fingerprint density at radius 3 is 2.67 bits per heavy atom. The number of nitrogens with zero attached hydrogens (tertiary/aromatic N) is 4. The highest BCUT2D eigenvalue weighted by Crippen LogP contribution is 2.35. The predicted molar refractivity (Wildman–Crippen MR) is 101 cm³/mol. The number of halogens is 3. The van der Waals surface area contributed by atoms with Crippen molar-refractivity contribution in [2.24, 2.45) is 0 Å². The first kappa shape index (κ1) is 21.4. The third kappa shape index (κ3) is 4.31. The molecular weight excluding hydrogens is 401 g/mol. The van der Waals surface area contributed by atoms with Crippen LogP contribution in [0.1, 0.15) is 21.5 Å². The third-order valence-electron chi connectivity index (χ3n) is 4.93. The van der Waals surface area contributed by atoms with E-state index < -0.39 is 23.3 Å². The SMILES string of the molecule is COc1ccc(C(=O)N2CCN(c3ccc(C#N)c(C(F)(F)F)c3)C(CO)C2)cn1. The maximum Gasteiger partial charge on any atom is 0.417 e. The molecule has 2 aromatic rings. The number of aliphatic hydroxyl groups excluding tert-OH is 1. The van der Waals surface area contributed by atoms with Gasteiger partial charge < -0.3 is 19.6 Å². The lowest BCUT2D eigenvalue weighted by molar-refractivity contribution is -0.137. The summed E-state index contributed by atoms with van der Waals surface area (Å²) in [5.41, 5.74) is -0.910. The average Bonchev–Trinajstić information content (AvgIpc) is 2.77. The van der Waals surface area contributed by atoms with Crippen LogP contribution in [0.25, 0.3) is 0 Å². The number of aliphatic hydroxyl groups is 1. The number of benzene rings is 1. The van der Waals surface area contributed by atoms with Crippen molar-refractivity contribution in [1.82, 2.24) is 9.88 Å². The molecule has 1 N–H and O–H groups in total. The molecule has 7 nitrogen and oxygen atoms in total. The number of hydrogen-bond acceptors (Lipinski definition) is 6. The number of carbonyl (C=O) groups excluding carboxylic acids is 1. The zero-order valence-corrected chi connectivity index (χ0v) is 16.1. The van der Waals surface area contributed by atoms with Crippen LogP contribution in [0, 0.1) is 11.3 Å². The molecule has 0 bridgehead atoms. The minimum Gasteiger partial charge on any atom is -0.481 e. The molecule has 0 saturated carbocycles. The summed E-state index contributed by atoms with van der Waals surface area (Å²) in [6, 6.07) is 7.53. The van der Waals surface area contributed by atoms with E-state index in [0.29, 0.717) is 11.4 Å². The van der Waals surface area contributed by atoms with Gasteiger partial charge in [0, 0.05) is 37.6 Å². The molecule has 1 atom stereocenters. The molecule has 0 spiro atoms. The van der Waals surface area contributed by atoms with Gasteiger partial charge in [-0.1, -0.05) is 0 Å². The van der Waals surface area contributed by atoms with Crippen molar-refractivity contribution in [3.05, 3.63) is 53.2 Å². The van der Waals surface area contributed by atoms with E-state index in [1.807, 2.05) is 0 Å². The van der Waals surface area contributed by atoms with Crippen LogP contribution in [0.4, 0.5) is 18.9 Å². The number of nitriles is 1. The molecule has 3 rings (SSSR count). The smallest absolute Gasteiger partial charge is 0.417 e. The minimum atomic E-state index is -4.67. The predicted octanol–water partition coefficient (Wildman–Crippen LogP) is 2.30. The quantitative estimate of drug-likeness (QED) is 0.817. The van der Waals surface area contributed by atoms with Crippen molar-refractivity contribution < 1.29 is 27.8 Å². The summed E-state index contributed by atoms with van der Waals surface area (Å²) in [4.78, 5) is 19.9. The Morgan fingerprint density at radius 1 is 1.33 bits per heavy atom. The van der Waals surface area contributed by atoms with E-state index in [-0.39, 0.29) is 37.8 Å². The first-order valence-electron chi connectivity index (χ1n) is 9.06. The van der Waals surface area contributed by atoms with Crippen molar-refractivity contribution in [3.8, 4) is 11.9 Å². The monoisotopic (exact) mass is 420 g/mol. The number of pyridine rings is 1. The number of amides is 1. The van der Waals surface area contributed by atoms with E-state index in [4.69, 9.17) is 10.00 Å². The normalized spacial score (nSPS) is 16.9. The topological polar surface area (TPSA) is 89.7 Å². The summed E-state index contributed by atoms with van der Waals surface area (Å²) in [6.07, 6.45) is -3.29. The summed E-state index contributed by atoms with van der Waals surface area (Å²) < 4.78 is 44.8. The number of methoxy groups -OCH3 is 1. The van der Waals surface area contributed by atoms with Gasteiger partial charge in [-0.25, -0.2) is 4.98 Å². The van der Waals surface area contributed by atoms with E-state index >= 15 is 0 Å². The first-order valence-corrected chi connectivity index (χ1v) is 9.06. The number of hydrogen-bond donors (Lipinski definition) is 1. The van der Waals surface area contributed by atoms with Gasteiger partial charge in [-0.15, -0.1) is 0 Å². The van der Waals surface area contributed by atoms with Gasteiger partial charge in [-0.3, -0.25) is 4.79 Å². The number of anilines is 1. The van der Waals surface area contributed by atoms with E-state index in [0.717, 1.165) is 12.1 Å². The molecule has 30 heavy (non-hydrogen) atoms. The van der Waals surface area contributed by atoms with E-state index in [9.17, 15) is 23.1 Å². The Kier molecular flexibility index (Phi) is 6.12. The van der Waals surface area contributed by atoms with Crippen LogP contribution in [0.15, 0.2) is 36.5 Å². The average molecular weight is 420 g/mol. The molecule has 0 radical (unpaired) electrons.